The Kier molecular flexibility index (Phi) is 6.29. The van der Waals surface area contributed by atoms with Crippen LogP contribution in [0.15, 0.2) is 167 Å². The van der Waals surface area contributed by atoms with Gasteiger partial charge in [0.1, 0.15) is 11.2 Å². The summed E-state index contributed by atoms with van der Waals surface area (Å²) in [6, 6.07) is 55.8. The summed E-state index contributed by atoms with van der Waals surface area (Å²) >= 11 is 0. The fraction of sp³-hybridized carbons (Fsp3) is 0.0741. The number of para-hydroxylation sites is 5. The Morgan fingerprint density at radius 1 is 0.508 bits per heavy atom. The van der Waals surface area contributed by atoms with E-state index in [9.17, 15) is 0 Å². The Hall–Kier alpha value is -7.64. The smallest absolute Gasteiger partial charge is 0.336 e. The molecule has 3 aliphatic rings. The van der Waals surface area contributed by atoms with Crippen molar-refractivity contribution in [1.82, 2.24) is 4.48 Å². The van der Waals surface area contributed by atoms with Gasteiger partial charge in [-0.2, -0.15) is 0 Å². The highest BCUT2D eigenvalue weighted by Crippen LogP contribution is 2.54. The van der Waals surface area contributed by atoms with Crippen molar-refractivity contribution in [3.63, 3.8) is 0 Å². The van der Waals surface area contributed by atoms with Crippen LogP contribution in [0.5, 0.6) is 23.0 Å². The summed E-state index contributed by atoms with van der Waals surface area (Å²) in [5, 5.41) is 5.54. The predicted octanol–water partition coefficient (Wildman–Crippen LogP) is 13.7. The van der Waals surface area contributed by atoms with Gasteiger partial charge in [-0.3, -0.25) is 0 Å². The van der Waals surface area contributed by atoms with Crippen molar-refractivity contribution < 1.29 is 18.3 Å². The number of anilines is 3. The van der Waals surface area contributed by atoms with Crippen molar-refractivity contribution in [3.05, 3.63) is 163 Å². The van der Waals surface area contributed by atoms with Crippen molar-refractivity contribution in [3.8, 4) is 45.3 Å². The molecule has 0 spiro atoms. The largest absolute Gasteiger partial charge is 0.454 e. The second-order valence-corrected chi connectivity index (χ2v) is 17.6. The number of furan rings is 2. The van der Waals surface area contributed by atoms with Crippen molar-refractivity contribution in [2.75, 3.05) is 4.90 Å². The lowest BCUT2D eigenvalue weighted by molar-refractivity contribution is 0.360. The van der Waals surface area contributed by atoms with Crippen LogP contribution in [-0.4, -0.2) is 11.3 Å². The molecule has 6 heterocycles. The lowest BCUT2D eigenvalue weighted by Gasteiger charge is -2.41. The molecule has 6 nitrogen and oxygen atoms in total. The molecule has 0 unspecified atom stereocenters. The van der Waals surface area contributed by atoms with Gasteiger partial charge >= 0.3 is 6.85 Å². The summed E-state index contributed by atoms with van der Waals surface area (Å²) in [5.41, 5.74) is 15.5. The zero-order valence-electron chi connectivity index (χ0n) is 33.6. The molecule has 0 atom stereocenters. The molecule has 0 radical (unpaired) electrons. The van der Waals surface area contributed by atoms with Gasteiger partial charge in [0.2, 0.25) is 0 Å². The van der Waals surface area contributed by atoms with Crippen molar-refractivity contribution in [2.24, 2.45) is 0 Å². The molecule has 11 aromatic rings. The summed E-state index contributed by atoms with van der Waals surface area (Å²) in [4.78, 5) is 2.44. The molecule has 3 aromatic heterocycles. The lowest BCUT2D eigenvalue weighted by Crippen LogP contribution is -2.56. The number of nitrogens with zero attached hydrogens (tertiary/aromatic N) is 2. The number of hydrogen-bond donors (Lipinski definition) is 0. The fourth-order valence-electron chi connectivity index (χ4n) is 10.4. The predicted molar refractivity (Wildman–Crippen MR) is 248 cm³/mol. The van der Waals surface area contributed by atoms with Crippen molar-refractivity contribution in [2.45, 2.75) is 26.2 Å². The molecule has 14 rings (SSSR count). The van der Waals surface area contributed by atoms with Gasteiger partial charge < -0.3 is 27.7 Å². The van der Waals surface area contributed by atoms with Crippen LogP contribution in [0.2, 0.25) is 0 Å². The number of benzene rings is 8. The fourth-order valence-corrected chi connectivity index (χ4v) is 10.4. The summed E-state index contributed by atoms with van der Waals surface area (Å²) in [6.45, 7) is 6.51. The summed E-state index contributed by atoms with van der Waals surface area (Å²) < 4.78 is 30.0. The van der Waals surface area contributed by atoms with Crippen LogP contribution in [0.4, 0.5) is 17.1 Å². The molecule has 0 N–H and O–H groups in total. The first-order valence-electron chi connectivity index (χ1n) is 20.9. The van der Waals surface area contributed by atoms with E-state index in [-0.39, 0.29) is 12.3 Å². The Morgan fingerprint density at radius 2 is 1.20 bits per heavy atom. The summed E-state index contributed by atoms with van der Waals surface area (Å²) in [6.07, 6.45) is 0. The van der Waals surface area contributed by atoms with Crippen molar-refractivity contribution in [1.29, 1.82) is 0 Å². The first-order valence-corrected chi connectivity index (χ1v) is 20.9. The van der Waals surface area contributed by atoms with Crippen LogP contribution in [0.1, 0.15) is 26.3 Å². The van der Waals surface area contributed by atoms with Gasteiger partial charge in [0, 0.05) is 49.9 Å². The lowest BCUT2D eigenvalue weighted by atomic mass is 9.45. The monoisotopic (exact) mass is 786 g/mol. The minimum Gasteiger partial charge on any atom is -0.454 e. The van der Waals surface area contributed by atoms with E-state index >= 15 is 0 Å². The van der Waals surface area contributed by atoms with Crippen LogP contribution < -0.4 is 25.3 Å². The molecule has 8 aromatic carbocycles. The van der Waals surface area contributed by atoms with Crippen LogP contribution in [-0.2, 0) is 5.41 Å². The molecule has 61 heavy (non-hydrogen) atoms. The van der Waals surface area contributed by atoms with Gasteiger partial charge in [0.25, 0.3) is 0 Å². The molecule has 3 aliphatic heterocycles. The number of ether oxygens (including phenoxy) is 2. The topological polar surface area (TPSA) is 52.9 Å². The zero-order chi connectivity index (χ0) is 40.3. The van der Waals surface area contributed by atoms with E-state index in [4.69, 9.17) is 18.3 Å². The first kappa shape index (κ1) is 33.2. The maximum Gasteiger partial charge on any atom is 0.336 e. The van der Waals surface area contributed by atoms with Gasteiger partial charge in [0.05, 0.1) is 16.8 Å². The highest BCUT2D eigenvalue weighted by Gasteiger charge is 2.47. The Labute approximate surface area is 350 Å². The van der Waals surface area contributed by atoms with Gasteiger partial charge in [-0.1, -0.05) is 124 Å². The van der Waals surface area contributed by atoms with E-state index < -0.39 is 0 Å². The quantitative estimate of drug-likeness (QED) is 0.163. The van der Waals surface area contributed by atoms with Crippen LogP contribution in [0.3, 0.4) is 0 Å². The molecule has 0 bridgehead atoms. The average Bonchev–Trinajstić information content (AvgIpc) is 3.96. The standard InChI is InChI=1S/C54H35BN2O4/c1-54(2,3)31-24-25-40(36(26-31)30-14-5-4-6-15-30)56-41-29-47-46(58-44-22-11-12-23-45(44)59-47)28-39(41)55-49-37(27-38-32-16-7-9-20-42(32)60-52(38)51(49)56)33-18-13-19-35-48-34-17-8-10-21-43(34)61-53(48)57(55)50(33)35/h4-29H,1-3H3. The number of hydrogen-bond acceptors (Lipinski definition) is 5. The van der Waals surface area contributed by atoms with E-state index in [1.807, 2.05) is 30.3 Å². The maximum atomic E-state index is 7.12. The minimum atomic E-state index is -0.315. The summed E-state index contributed by atoms with van der Waals surface area (Å²) in [5.74, 6) is 2.69. The second kappa shape index (κ2) is 11.6. The third-order valence-electron chi connectivity index (χ3n) is 13.2. The Balaban J connectivity index is 1.18. The normalized spacial score (nSPS) is 13.7. The van der Waals surface area contributed by atoms with Gasteiger partial charge in [0.15, 0.2) is 34.3 Å². The molecule has 288 valence electrons. The third kappa shape index (κ3) is 4.37. The highest BCUT2D eigenvalue weighted by molar-refractivity contribution is 6.90. The molecule has 0 saturated carbocycles. The molecule has 0 fully saturated rings. The summed E-state index contributed by atoms with van der Waals surface area (Å²) in [7, 11) is 0. The Bertz CT molecular complexity index is 3720. The van der Waals surface area contributed by atoms with E-state index in [1.165, 1.54) is 16.5 Å². The van der Waals surface area contributed by atoms with E-state index in [2.05, 4.69) is 158 Å². The average molecular weight is 787 g/mol. The zero-order valence-corrected chi connectivity index (χ0v) is 33.6. The van der Waals surface area contributed by atoms with E-state index in [1.54, 1.807) is 0 Å². The number of aromatic nitrogens is 1. The van der Waals surface area contributed by atoms with Gasteiger partial charge in [-0.25, -0.2) is 0 Å². The van der Waals surface area contributed by atoms with E-state index in [0.717, 1.165) is 94.2 Å². The molecule has 0 saturated heterocycles. The van der Waals surface area contributed by atoms with Crippen molar-refractivity contribution >= 4 is 89.7 Å². The maximum absolute atomic E-state index is 7.12. The number of rotatable bonds is 2. The molecule has 0 amide bonds. The highest BCUT2D eigenvalue weighted by atomic mass is 16.6. The third-order valence-corrected chi connectivity index (χ3v) is 13.2. The molecule has 0 aliphatic carbocycles. The van der Waals surface area contributed by atoms with Crippen LogP contribution in [0, 0.1) is 0 Å². The molecule has 7 heteroatoms. The van der Waals surface area contributed by atoms with Crippen LogP contribution in [0.25, 0.3) is 77.2 Å². The van der Waals surface area contributed by atoms with Gasteiger partial charge in [-0.05, 0) is 81.6 Å². The second-order valence-electron chi connectivity index (χ2n) is 17.6. The minimum absolute atomic E-state index is 0.0794. The van der Waals surface area contributed by atoms with Crippen LogP contribution >= 0.6 is 0 Å². The SMILES string of the molecule is CC(C)(C)c1ccc(N2c3cc4c(cc3B3c5c(cc6c(oc7ccccc76)c52)-c2cccc5c6c7ccccc7oc6n3c25)Oc2ccccc2O4)c(-c2ccccc2)c1. The van der Waals surface area contributed by atoms with E-state index in [0.29, 0.717) is 23.0 Å². The number of fused-ring (bicyclic) bond motifs is 15. The molecular formula is C54H35BN2O4. The molecular weight excluding hydrogens is 751 g/mol. The van der Waals surface area contributed by atoms with Gasteiger partial charge in [-0.15, -0.1) is 0 Å². The Morgan fingerprint density at radius 3 is 1.98 bits per heavy atom. The first-order chi connectivity index (χ1) is 29.9.